The molecule has 0 saturated heterocycles. The highest BCUT2D eigenvalue weighted by molar-refractivity contribution is 7.20. The average molecular weight is 743 g/mol. The van der Waals surface area contributed by atoms with E-state index in [9.17, 15) is 0 Å². The molecule has 57 heavy (non-hydrogen) atoms. The van der Waals surface area contributed by atoms with E-state index in [1.54, 1.807) is 0 Å². The van der Waals surface area contributed by atoms with Gasteiger partial charge in [0, 0.05) is 27.2 Å². The number of hydrogen-bond donors (Lipinski definition) is 0. The molecule has 0 spiro atoms. The van der Waals surface area contributed by atoms with Crippen molar-refractivity contribution in [3.05, 3.63) is 231 Å². The molecule has 0 bridgehead atoms. The summed E-state index contributed by atoms with van der Waals surface area (Å²) >= 11 is 0. The second kappa shape index (κ2) is 13.5. The topological polar surface area (TPSA) is 9.86 Å². The molecule has 9 aromatic carbocycles. The third-order valence-corrected chi connectivity index (χ3v) is 16.6. The maximum atomic E-state index is 2.55. The van der Waals surface area contributed by atoms with E-state index >= 15 is 0 Å². The number of fused-ring (bicyclic) bond motifs is 6. The summed E-state index contributed by atoms with van der Waals surface area (Å²) in [5.74, 6) is 0. The van der Waals surface area contributed by atoms with Crippen molar-refractivity contribution in [3.63, 3.8) is 0 Å². The van der Waals surface area contributed by atoms with Gasteiger partial charge in [-0.3, -0.25) is 0 Å². The number of benzene rings is 9. The van der Waals surface area contributed by atoms with E-state index in [0.717, 1.165) is 11.4 Å². The van der Waals surface area contributed by atoms with Crippen molar-refractivity contribution < 1.29 is 0 Å². The first-order valence-electron chi connectivity index (χ1n) is 19.7. The van der Waals surface area contributed by atoms with Crippen molar-refractivity contribution in [1.82, 2.24) is 9.13 Å². The summed E-state index contributed by atoms with van der Waals surface area (Å²) in [5, 5.41) is 10.5. The molecule has 0 unspecified atom stereocenters. The van der Waals surface area contributed by atoms with Gasteiger partial charge in [-0.1, -0.05) is 194 Å². The van der Waals surface area contributed by atoms with Gasteiger partial charge in [-0.15, -0.1) is 0 Å². The highest BCUT2D eigenvalue weighted by atomic mass is 28.3. The minimum atomic E-state index is -2.80. The summed E-state index contributed by atoms with van der Waals surface area (Å²) in [6.07, 6.45) is 0. The van der Waals surface area contributed by atoms with Crippen LogP contribution in [0.5, 0.6) is 0 Å². The molecule has 2 heterocycles. The van der Waals surface area contributed by atoms with Gasteiger partial charge in [-0.2, -0.15) is 0 Å². The fourth-order valence-electron chi connectivity index (χ4n) is 9.51. The molecular formula is C54H38N2Si. The fraction of sp³-hybridized carbons (Fsp3) is 0. The Kier molecular flexibility index (Phi) is 7.87. The maximum absolute atomic E-state index is 2.80. The summed E-state index contributed by atoms with van der Waals surface area (Å²) < 4.78 is 4.98. The summed E-state index contributed by atoms with van der Waals surface area (Å²) in [7, 11) is -2.80. The first-order valence-corrected chi connectivity index (χ1v) is 21.7. The summed E-state index contributed by atoms with van der Waals surface area (Å²) in [5.41, 5.74) is 9.51. The molecule has 0 radical (unpaired) electrons. The van der Waals surface area contributed by atoms with Gasteiger partial charge in [0.1, 0.15) is 0 Å². The van der Waals surface area contributed by atoms with Crippen LogP contribution in [0.2, 0.25) is 0 Å². The Balaban J connectivity index is 1.30. The molecule has 0 N–H and O–H groups in total. The Morgan fingerprint density at radius 3 is 1.47 bits per heavy atom. The number of hydrogen-bond acceptors (Lipinski definition) is 0. The minimum absolute atomic E-state index is 1.15. The molecule has 0 atom stereocenters. The molecule has 0 saturated carbocycles. The van der Waals surface area contributed by atoms with Gasteiger partial charge in [0.15, 0.2) is 8.07 Å². The van der Waals surface area contributed by atoms with Gasteiger partial charge >= 0.3 is 0 Å². The largest absolute Gasteiger partial charge is 0.307 e. The van der Waals surface area contributed by atoms with Crippen LogP contribution in [0, 0.1) is 0 Å². The summed E-state index contributed by atoms with van der Waals surface area (Å²) in [4.78, 5) is 0. The van der Waals surface area contributed by atoms with Crippen LogP contribution in [0.15, 0.2) is 231 Å². The van der Waals surface area contributed by atoms with Crippen LogP contribution >= 0.6 is 0 Å². The van der Waals surface area contributed by atoms with Crippen LogP contribution in [-0.2, 0) is 0 Å². The Morgan fingerprint density at radius 2 is 0.825 bits per heavy atom. The van der Waals surface area contributed by atoms with Crippen molar-refractivity contribution in [2.75, 3.05) is 0 Å². The van der Waals surface area contributed by atoms with E-state index in [0.29, 0.717) is 0 Å². The highest BCUT2D eigenvalue weighted by Gasteiger charge is 2.41. The molecule has 0 fully saturated rings. The lowest BCUT2D eigenvalue weighted by Gasteiger charge is -2.34. The third-order valence-electron chi connectivity index (χ3n) is 11.9. The van der Waals surface area contributed by atoms with Crippen molar-refractivity contribution in [3.8, 4) is 22.5 Å². The molecule has 11 rings (SSSR count). The zero-order valence-corrected chi connectivity index (χ0v) is 32.3. The Morgan fingerprint density at radius 1 is 0.316 bits per heavy atom. The average Bonchev–Trinajstić information content (AvgIpc) is 3.81. The lowest BCUT2D eigenvalue weighted by molar-refractivity contribution is 1.13. The van der Waals surface area contributed by atoms with Gasteiger partial charge in [0.25, 0.3) is 0 Å². The third kappa shape index (κ3) is 5.10. The zero-order valence-electron chi connectivity index (χ0n) is 31.3. The van der Waals surface area contributed by atoms with Crippen LogP contribution in [-0.4, -0.2) is 17.2 Å². The zero-order chi connectivity index (χ0) is 37.8. The normalized spacial score (nSPS) is 11.9. The van der Waals surface area contributed by atoms with Crippen molar-refractivity contribution in [2.24, 2.45) is 0 Å². The Bertz CT molecular complexity index is 3110. The number of rotatable bonds is 7. The molecular weight excluding hydrogens is 705 g/mol. The lowest BCUT2D eigenvalue weighted by Crippen LogP contribution is -2.74. The highest BCUT2D eigenvalue weighted by Crippen LogP contribution is 2.42. The number of aromatic nitrogens is 2. The van der Waals surface area contributed by atoms with E-state index in [1.165, 1.54) is 75.5 Å². The van der Waals surface area contributed by atoms with Gasteiger partial charge in [0.05, 0.1) is 27.8 Å². The van der Waals surface area contributed by atoms with E-state index in [4.69, 9.17) is 0 Å². The van der Waals surface area contributed by atoms with Crippen molar-refractivity contribution >= 4 is 72.4 Å². The Hall–Kier alpha value is -7.20. The van der Waals surface area contributed by atoms with Crippen LogP contribution in [0.25, 0.3) is 66.1 Å². The predicted octanol–water partition coefficient (Wildman–Crippen LogP) is 10.9. The molecule has 0 amide bonds. The second-order valence-corrected chi connectivity index (χ2v) is 18.7. The monoisotopic (exact) mass is 742 g/mol. The molecule has 2 aromatic heterocycles. The first-order chi connectivity index (χ1) is 28.3. The van der Waals surface area contributed by atoms with Crippen LogP contribution in [0.1, 0.15) is 0 Å². The number of para-hydroxylation sites is 3. The molecule has 0 aliphatic heterocycles. The van der Waals surface area contributed by atoms with Crippen LogP contribution in [0.3, 0.4) is 0 Å². The predicted molar refractivity (Wildman–Crippen MR) is 244 cm³/mol. The van der Waals surface area contributed by atoms with Gasteiger partial charge < -0.3 is 9.13 Å². The summed E-state index contributed by atoms with van der Waals surface area (Å²) in [6, 6.07) is 85.2. The molecule has 3 heteroatoms. The first kappa shape index (κ1) is 33.2. The lowest BCUT2D eigenvalue weighted by atomic mass is 9.99. The fourth-order valence-corrected chi connectivity index (χ4v) is 14.3. The molecule has 0 aliphatic rings. The van der Waals surface area contributed by atoms with Crippen molar-refractivity contribution in [1.29, 1.82) is 0 Å². The van der Waals surface area contributed by atoms with Crippen LogP contribution < -0.4 is 20.7 Å². The van der Waals surface area contributed by atoms with E-state index in [-0.39, 0.29) is 0 Å². The standard InChI is InChI=1S/C54H38N2Si/c1-6-20-39(21-7-1)45-31-18-34-51-53(45)48-38-44(57(41-24-10-3-11-25-41,42-26-12-4-13-27-42)43-28-14-5-15-29-43)36-37-50(48)56(51)52-35-19-32-47-46-30-16-17-33-49(46)55(54(47)52)40-22-8-2-9-23-40/h1-38H. The van der Waals surface area contributed by atoms with Crippen LogP contribution in [0.4, 0.5) is 0 Å². The second-order valence-electron chi connectivity index (χ2n) is 14.8. The van der Waals surface area contributed by atoms with E-state index < -0.39 is 8.07 Å². The molecule has 0 aliphatic carbocycles. The minimum Gasteiger partial charge on any atom is -0.307 e. The smallest absolute Gasteiger partial charge is 0.179 e. The maximum Gasteiger partial charge on any atom is 0.179 e. The Labute approximate surface area is 333 Å². The van der Waals surface area contributed by atoms with Gasteiger partial charge in [0.2, 0.25) is 0 Å². The van der Waals surface area contributed by atoms with Crippen molar-refractivity contribution in [2.45, 2.75) is 0 Å². The summed E-state index contributed by atoms with van der Waals surface area (Å²) in [6.45, 7) is 0. The molecule has 268 valence electrons. The van der Waals surface area contributed by atoms with Gasteiger partial charge in [-0.25, -0.2) is 0 Å². The van der Waals surface area contributed by atoms with E-state index in [1.807, 2.05) is 0 Å². The quantitative estimate of drug-likeness (QED) is 0.114. The number of nitrogens with zero attached hydrogens (tertiary/aromatic N) is 2. The SMILES string of the molecule is c1ccc(-c2cccc3c2c2cc([Si](c4ccccc4)(c4ccccc4)c4ccccc4)ccc2n3-c2cccc3c4ccccc4n(-c4ccccc4)c23)cc1. The van der Waals surface area contributed by atoms with Gasteiger partial charge in [-0.05, 0) is 68.3 Å². The van der Waals surface area contributed by atoms with E-state index in [2.05, 4.69) is 240 Å². The molecule has 11 aromatic rings. The molecule has 2 nitrogen and oxygen atoms in total.